The first-order valence-corrected chi connectivity index (χ1v) is 7.03. The molecule has 0 aliphatic carbocycles. The van der Waals surface area contributed by atoms with Gasteiger partial charge >= 0.3 is 0 Å². The van der Waals surface area contributed by atoms with E-state index < -0.39 is 0 Å². The molecule has 2 bridgehead atoms. The maximum Gasteiger partial charge on any atom is 0.0848 e. The lowest BCUT2D eigenvalue weighted by Gasteiger charge is -2.51. The highest BCUT2D eigenvalue weighted by Crippen LogP contribution is 2.51. The van der Waals surface area contributed by atoms with Gasteiger partial charge in [-0.05, 0) is 45.4 Å². The number of fused-ring (bicyclic) bond motifs is 2. The van der Waals surface area contributed by atoms with Gasteiger partial charge in [-0.2, -0.15) is 4.91 Å². The van der Waals surface area contributed by atoms with Crippen LogP contribution < -0.4 is 0 Å². The van der Waals surface area contributed by atoms with Crippen LogP contribution in [-0.4, -0.2) is 42.3 Å². The molecule has 3 atom stereocenters. The van der Waals surface area contributed by atoms with Crippen LogP contribution in [-0.2, 0) is 4.74 Å². The third-order valence-corrected chi connectivity index (χ3v) is 5.05. The summed E-state index contributed by atoms with van der Waals surface area (Å²) in [7, 11) is 1.82. The summed E-state index contributed by atoms with van der Waals surface area (Å²) in [4.78, 5) is 13.0. The predicted octanol–water partition coefficient (Wildman–Crippen LogP) is 2.81. The largest absolute Gasteiger partial charge is 0.381 e. The number of piperidine rings is 1. The number of methoxy groups -OCH3 is 1. The lowest BCUT2D eigenvalue weighted by atomic mass is 9.82. The summed E-state index contributed by atoms with van der Waals surface area (Å²) in [5.41, 5.74) is 0.482. The Hall–Kier alpha value is -0.480. The molecule has 2 heterocycles. The van der Waals surface area contributed by atoms with E-state index in [2.05, 4.69) is 30.8 Å². The fourth-order valence-corrected chi connectivity index (χ4v) is 4.04. The average Bonchev–Trinajstić information content (AvgIpc) is 2.47. The van der Waals surface area contributed by atoms with Gasteiger partial charge < -0.3 is 4.74 Å². The quantitative estimate of drug-likeness (QED) is 0.708. The zero-order chi connectivity index (χ0) is 13.4. The Morgan fingerprint density at radius 3 is 2.33 bits per heavy atom. The van der Waals surface area contributed by atoms with Crippen LogP contribution in [0, 0.1) is 10.8 Å². The van der Waals surface area contributed by atoms with Crippen LogP contribution in [0.15, 0.2) is 5.18 Å². The van der Waals surface area contributed by atoms with Crippen molar-refractivity contribution in [1.29, 1.82) is 0 Å². The Morgan fingerprint density at radius 1 is 1.33 bits per heavy atom. The van der Waals surface area contributed by atoms with Gasteiger partial charge in [-0.3, -0.25) is 4.90 Å². The summed E-state index contributed by atoms with van der Waals surface area (Å²) in [6.07, 6.45) is 5.09. The number of hydrogen-bond donors (Lipinski definition) is 0. The summed E-state index contributed by atoms with van der Waals surface area (Å²) in [5.74, 6) is 0.346. The number of nitrogens with zero attached hydrogens (tertiary/aromatic N) is 2. The first-order chi connectivity index (χ1) is 8.43. The Bertz CT molecular complexity index is 303. The van der Waals surface area contributed by atoms with Crippen LogP contribution in [0.2, 0.25) is 0 Å². The molecule has 18 heavy (non-hydrogen) atoms. The maximum atomic E-state index is 10.4. The SMILES string of the molecule is COC1CC2(C)CCC(C)(C1)N2CC(C)CN=O. The fraction of sp³-hybridized carbons (Fsp3) is 1.00. The molecule has 4 nitrogen and oxygen atoms in total. The standard InChI is InChI=1S/C14H26N2O2/c1-11(9-15-17)10-16-13(2)5-6-14(16,3)8-12(7-13)18-4/h11-12H,5-10H2,1-4H3. The van der Waals surface area contributed by atoms with Crippen molar-refractivity contribution in [2.75, 3.05) is 20.2 Å². The second kappa shape index (κ2) is 4.89. The van der Waals surface area contributed by atoms with Crippen molar-refractivity contribution in [3.05, 3.63) is 4.91 Å². The van der Waals surface area contributed by atoms with E-state index in [1.807, 2.05) is 7.11 Å². The van der Waals surface area contributed by atoms with Gasteiger partial charge in [0.1, 0.15) is 0 Å². The van der Waals surface area contributed by atoms with Crippen LogP contribution in [0.1, 0.15) is 46.5 Å². The highest BCUT2D eigenvalue weighted by atomic mass is 16.5. The average molecular weight is 254 g/mol. The van der Waals surface area contributed by atoms with E-state index in [1.54, 1.807) is 0 Å². The summed E-state index contributed by atoms with van der Waals surface area (Å²) < 4.78 is 5.61. The van der Waals surface area contributed by atoms with Crippen molar-refractivity contribution < 1.29 is 4.74 Å². The van der Waals surface area contributed by atoms with Crippen molar-refractivity contribution in [3.63, 3.8) is 0 Å². The molecule has 0 aromatic heterocycles. The normalized spacial score (nSPS) is 41.9. The zero-order valence-electron chi connectivity index (χ0n) is 12.1. The fourth-order valence-electron chi connectivity index (χ4n) is 4.04. The predicted molar refractivity (Wildman–Crippen MR) is 72.6 cm³/mol. The van der Waals surface area contributed by atoms with E-state index in [1.165, 1.54) is 12.8 Å². The van der Waals surface area contributed by atoms with Crippen LogP contribution in [0.25, 0.3) is 0 Å². The van der Waals surface area contributed by atoms with Crippen LogP contribution in [0.5, 0.6) is 0 Å². The molecule has 2 rings (SSSR count). The minimum absolute atomic E-state index is 0.241. The first-order valence-electron chi connectivity index (χ1n) is 7.03. The molecular formula is C14H26N2O2. The molecule has 2 aliphatic rings. The Kier molecular flexibility index (Phi) is 3.79. The van der Waals surface area contributed by atoms with Crippen LogP contribution in [0.4, 0.5) is 0 Å². The van der Waals surface area contributed by atoms with E-state index in [0.29, 0.717) is 18.6 Å². The van der Waals surface area contributed by atoms with Crippen molar-refractivity contribution in [3.8, 4) is 0 Å². The van der Waals surface area contributed by atoms with E-state index in [-0.39, 0.29) is 11.1 Å². The molecule has 2 saturated heterocycles. The minimum Gasteiger partial charge on any atom is -0.381 e. The molecule has 3 unspecified atom stereocenters. The molecule has 0 spiro atoms. The third-order valence-electron chi connectivity index (χ3n) is 5.05. The van der Waals surface area contributed by atoms with Gasteiger partial charge in [0, 0.05) is 24.7 Å². The maximum absolute atomic E-state index is 10.4. The molecule has 2 fully saturated rings. The topological polar surface area (TPSA) is 41.9 Å². The van der Waals surface area contributed by atoms with Gasteiger partial charge in [0.05, 0.1) is 12.6 Å². The minimum atomic E-state index is 0.241. The Morgan fingerprint density at radius 2 is 1.89 bits per heavy atom. The molecular weight excluding hydrogens is 228 g/mol. The monoisotopic (exact) mass is 254 g/mol. The van der Waals surface area contributed by atoms with Crippen LogP contribution >= 0.6 is 0 Å². The molecule has 0 saturated carbocycles. The van der Waals surface area contributed by atoms with E-state index >= 15 is 0 Å². The first kappa shape index (κ1) is 13.9. The molecule has 0 N–H and O–H groups in total. The highest BCUT2D eigenvalue weighted by Gasteiger charge is 2.55. The number of rotatable bonds is 5. The van der Waals surface area contributed by atoms with E-state index in [0.717, 1.165) is 19.4 Å². The Balaban J connectivity index is 2.13. The van der Waals surface area contributed by atoms with Crippen molar-refractivity contribution in [1.82, 2.24) is 4.90 Å². The Labute approximate surface area is 110 Å². The van der Waals surface area contributed by atoms with Crippen molar-refractivity contribution in [2.45, 2.75) is 63.6 Å². The van der Waals surface area contributed by atoms with Crippen molar-refractivity contribution >= 4 is 0 Å². The van der Waals surface area contributed by atoms with E-state index in [9.17, 15) is 4.91 Å². The number of nitroso groups, excluding NO2 is 1. The number of hydrogen-bond acceptors (Lipinski definition) is 4. The molecule has 0 aromatic carbocycles. The molecule has 0 aromatic rings. The molecule has 0 amide bonds. The van der Waals surface area contributed by atoms with Crippen molar-refractivity contribution in [2.24, 2.45) is 11.1 Å². The van der Waals surface area contributed by atoms with Gasteiger partial charge in [0.2, 0.25) is 0 Å². The lowest BCUT2D eigenvalue weighted by Crippen LogP contribution is -2.59. The molecule has 0 radical (unpaired) electrons. The summed E-state index contributed by atoms with van der Waals surface area (Å²) in [5, 5.41) is 3.05. The third kappa shape index (κ3) is 2.32. The smallest absolute Gasteiger partial charge is 0.0848 e. The summed E-state index contributed by atoms with van der Waals surface area (Å²) in [6.45, 7) is 8.23. The van der Waals surface area contributed by atoms with Gasteiger partial charge in [-0.15, -0.1) is 0 Å². The van der Waals surface area contributed by atoms with Gasteiger partial charge in [-0.1, -0.05) is 12.1 Å². The highest BCUT2D eigenvalue weighted by molar-refractivity contribution is 5.11. The second-order valence-electron chi connectivity index (χ2n) is 6.79. The van der Waals surface area contributed by atoms with Gasteiger partial charge in [0.15, 0.2) is 0 Å². The zero-order valence-corrected chi connectivity index (χ0v) is 12.1. The summed E-state index contributed by atoms with van der Waals surface area (Å²) in [6, 6.07) is 0. The molecule has 2 aliphatic heterocycles. The van der Waals surface area contributed by atoms with E-state index in [4.69, 9.17) is 4.74 Å². The molecule has 4 heteroatoms. The van der Waals surface area contributed by atoms with Crippen LogP contribution in [0.3, 0.4) is 0 Å². The second-order valence-corrected chi connectivity index (χ2v) is 6.79. The lowest BCUT2D eigenvalue weighted by molar-refractivity contribution is -0.0718. The van der Waals surface area contributed by atoms with Gasteiger partial charge in [-0.25, -0.2) is 0 Å². The van der Waals surface area contributed by atoms with Gasteiger partial charge in [0.25, 0.3) is 0 Å². The number of ether oxygens (including phenoxy) is 1. The molecule has 104 valence electrons. The summed E-state index contributed by atoms with van der Waals surface area (Å²) >= 11 is 0.